The van der Waals surface area contributed by atoms with Crippen molar-refractivity contribution in [3.8, 4) is 5.69 Å². The normalized spacial score (nSPS) is 11.4. The van der Waals surface area contributed by atoms with Gasteiger partial charge in [0.25, 0.3) is 0 Å². The van der Waals surface area contributed by atoms with E-state index in [1.54, 1.807) is 18.2 Å². The summed E-state index contributed by atoms with van der Waals surface area (Å²) in [5.41, 5.74) is 1.11. The molecular weight excluding hydrogens is 261 g/mol. The minimum atomic E-state index is -1.17. The molecule has 1 amide bonds. The Labute approximate surface area is 116 Å². The maximum Gasteiger partial charge on any atom is 0.410 e. The minimum absolute atomic E-state index is 0.222. The lowest BCUT2D eigenvalue weighted by atomic mass is 9.92. The number of amides is 1. The van der Waals surface area contributed by atoms with Crippen LogP contribution in [0.1, 0.15) is 26.5 Å². The maximum atomic E-state index is 13.0. The lowest BCUT2D eigenvalue weighted by Gasteiger charge is -2.14. The summed E-state index contributed by atoms with van der Waals surface area (Å²) in [7, 11) is 0. The van der Waals surface area contributed by atoms with Crippen molar-refractivity contribution in [2.24, 2.45) is 0 Å². The first-order valence-electron chi connectivity index (χ1n) is 6.14. The van der Waals surface area contributed by atoms with E-state index < -0.39 is 6.09 Å². The molecule has 6 heteroatoms. The van der Waals surface area contributed by atoms with Gasteiger partial charge in [-0.2, -0.15) is 5.10 Å². The van der Waals surface area contributed by atoms with Gasteiger partial charge in [-0.25, -0.2) is 13.9 Å². The van der Waals surface area contributed by atoms with E-state index in [0.29, 0.717) is 11.5 Å². The van der Waals surface area contributed by atoms with Gasteiger partial charge in [0.05, 0.1) is 11.4 Å². The Kier molecular flexibility index (Phi) is 3.48. The third-order valence-corrected chi connectivity index (χ3v) is 2.78. The highest BCUT2D eigenvalue weighted by atomic mass is 19.1. The number of carboxylic acid groups (broad SMARTS) is 1. The number of benzene rings is 1. The van der Waals surface area contributed by atoms with Crippen LogP contribution in [0.25, 0.3) is 5.69 Å². The zero-order chi connectivity index (χ0) is 14.9. The van der Waals surface area contributed by atoms with Crippen molar-refractivity contribution >= 4 is 11.9 Å². The van der Waals surface area contributed by atoms with Crippen LogP contribution < -0.4 is 5.32 Å². The third-order valence-electron chi connectivity index (χ3n) is 2.78. The largest absolute Gasteiger partial charge is 0.465 e. The zero-order valence-corrected chi connectivity index (χ0v) is 11.5. The number of aromatic nitrogens is 2. The summed E-state index contributed by atoms with van der Waals surface area (Å²) in [5.74, 6) is -0.0290. The van der Waals surface area contributed by atoms with E-state index >= 15 is 0 Å². The molecule has 0 fully saturated rings. The first kappa shape index (κ1) is 14.0. The SMILES string of the molecule is CC(C)(C)c1cc(NC(=O)O)n(-c2ccc(F)cc2)n1. The second kappa shape index (κ2) is 4.96. The fourth-order valence-electron chi connectivity index (χ4n) is 1.73. The molecule has 1 aromatic heterocycles. The molecule has 0 bridgehead atoms. The van der Waals surface area contributed by atoms with Gasteiger partial charge in [0.1, 0.15) is 11.6 Å². The first-order valence-corrected chi connectivity index (χ1v) is 6.14. The Bertz CT molecular complexity index is 627. The lowest BCUT2D eigenvalue weighted by Crippen LogP contribution is -2.13. The van der Waals surface area contributed by atoms with Gasteiger partial charge in [-0.1, -0.05) is 20.8 Å². The van der Waals surface area contributed by atoms with Gasteiger partial charge in [0, 0.05) is 11.5 Å². The van der Waals surface area contributed by atoms with Gasteiger partial charge in [-0.05, 0) is 24.3 Å². The second-order valence-corrected chi connectivity index (χ2v) is 5.48. The molecule has 0 aliphatic rings. The van der Waals surface area contributed by atoms with Gasteiger partial charge in [0.2, 0.25) is 0 Å². The zero-order valence-electron chi connectivity index (χ0n) is 11.5. The predicted octanol–water partition coefficient (Wildman–Crippen LogP) is 3.40. The molecule has 1 aromatic carbocycles. The number of hydrogen-bond acceptors (Lipinski definition) is 2. The molecule has 0 unspecified atom stereocenters. The number of anilines is 1. The van der Waals surface area contributed by atoms with E-state index in [1.165, 1.54) is 16.8 Å². The van der Waals surface area contributed by atoms with E-state index in [2.05, 4.69) is 10.4 Å². The van der Waals surface area contributed by atoms with Crippen LogP contribution in [0.15, 0.2) is 30.3 Å². The van der Waals surface area contributed by atoms with Crippen LogP contribution in [-0.4, -0.2) is 21.0 Å². The highest BCUT2D eigenvalue weighted by Crippen LogP contribution is 2.26. The fraction of sp³-hybridized carbons (Fsp3) is 0.286. The monoisotopic (exact) mass is 277 g/mol. The number of halogens is 1. The number of nitrogens with one attached hydrogen (secondary N) is 1. The number of rotatable bonds is 2. The van der Waals surface area contributed by atoms with E-state index in [9.17, 15) is 9.18 Å². The van der Waals surface area contributed by atoms with Crippen LogP contribution in [0.4, 0.5) is 15.0 Å². The molecule has 0 saturated heterocycles. The van der Waals surface area contributed by atoms with Gasteiger partial charge < -0.3 is 5.11 Å². The van der Waals surface area contributed by atoms with Gasteiger partial charge in [-0.15, -0.1) is 0 Å². The smallest absolute Gasteiger partial charge is 0.410 e. The van der Waals surface area contributed by atoms with Crippen molar-refractivity contribution in [2.45, 2.75) is 26.2 Å². The Morgan fingerprint density at radius 2 is 1.90 bits per heavy atom. The molecule has 1 heterocycles. The van der Waals surface area contributed by atoms with E-state index in [0.717, 1.165) is 5.69 Å². The fourth-order valence-corrected chi connectivity index (χ4v) is 1.73. The van der Waals surface area contributed by atoms with Crippen molar-refractivity contribution in [3.63, 3.8) is 0 Å². The van der Waals surface area contributed by atoms with E-state index in [-0.39, 0.29) is 11.2 Å². The minimum Gasteiger partial charge on any atom is -0.465 e. The molecule has 0 aliphatic heterocycles. The molecule has 0 aliphatic carbocycles. The van der Waals surface area contributed by atoms with E-state index in [4.69, 9.17) is 5.11 Å². The molecule has 5 nitrogen and oxygen atoms in total. The van der Waals surface area contributed by atoms with E-state index in [1.807, 2.05) is 20.8 Å². The summed E-state index contributed by atoms with van der Waals surface area (Å²) in [4.78, 5) is 10.9. The number of hydrogen-bond donors (Lipinski definition) is 2. The van der Waals surface area contributed by atoms with Gasteiger partial charge in [0.15, 0.2) is 0 Å². The summed E-state index contributed by atoms with van der Waals surface area (Å²) < 4.78 is 14.4. The highest BCUT2D eigenvalue weighted by Gasteiger charge is 2.21. The second-order valence-electron chi connectivity index (χ2n) is 5.48. The third kappa shape index (κ3) is 2.96. The summed E-state index contributed by atoms with van der Waals surface area (Å²) >= 11 is 0. The molecule has 0 spiro atoms. The Hall–Kier alpha value is -2.37. The van der Waals surface area contributed by atoms with Crippen molar-refractivity contribution < 1.29 is 14.3 Å². The Morgan fingerprint density at radius 1 is 1.30 bits per heavy atom. The Balaban J connectivity index is 2.52. The van der Waals surface area contributed by atoms with Crippen LogP contribution in [-0.2, 0) is 5.41 Å². The van der Waals surface area contributed by atoms with Crippen LogP contribution in [0, 0.1) is 5.82 Å². The maximum absolute atomic E-state index is 13.0. The van der Waals surface area contributed by atoms with Crippen molar-refractivity contribution in [1.29, 1.82) is 0 Å². The van der Waals surface area contributed by atoms with Crippen LogP contribution in [0.2, 0.25) is 0 Å². The van der Waals surface area contributed by atoms with Crippen LogP contribution in [0.3, 0.4) is 0 Å². The van der Waals surface area contributed by atoms with Crippen molar-refractivity contribution in [2.75, 3.05) is 5.32 Å². The topological polar surface area (TPSA) is 67.2 Å². The molecule has 0 radical (unpaired) electrons. The average Bonchev–Trinajstić information content (AvgIpc) is 2.73. The molecule has 106 valence electrons. The van der Waals surface area contributed by atoms with Crippen molar-refractivity contribution in [3.05, 3.63) is 41.8 Å². The number of carbonyl (C=O) groups is 1. The lowest BCUT2D eigenvalue weighted by molar-refractivity contribution is 0.209. The van der Waals surface area contributed by atoms with Crippen LogP contribution >= 0.6 is 0 Å². The molecule has 2 N–H and O–H groups in total. The molecule has 0 saturated carbocycles. The Morgan fingerprint density at radius 3 is 2.40 bits per heavy atom. The quantitative estimate of drug-likeness (QED) is 0.884. The van der Waals surface area contributed by atoms with Crippen LogP contribution in [0.5, 0.6) is 0 Å². The standard InChI is InChI=1S/C14H16FN3O2/c1-14(2,3)11-8-12(16-13(19)20)18(17-11)10-6-4-9(15)5-7-10/h4-8,16H,1-3H3,(H,19,20). The van der Waals surface area contributed by atoms with Gasteiger partial charge >= 0.3 is 6.09 Å². The summed E-state index contributed by atoms with van der Waals surface area (Å²) in [6.07, 6.45) is -1.17. The molecule has 2 rings (SSSR count). The van der Waals surface area contributed by atoms with Crippen molar-refractivity contribution in [1.82, 2.24) is 9.78 Å². The molecule has 2 aromatic rings. The summed E-state index contributed by atoms with van der Waals surface area (Å²) in [6.45, 7) is 5.94. The summed E-state index contributed by atoms with van der Waals surface area (Å²) in [5, 5.41) is 15.6. The molecule has 20 heavy (non-hydrogen) atoms. The van der Waals surface area contributed by atoms with Gasteiger partial charge in [-0.3, -0.25) is 5.32 Å². The first-order chi connectivity index (χ1) is 9.27. The predicted molar refractivity (Wildman–Crippen MR) is 73.9 cm³/mol. The highest BCUT2D eigenvalue weighted by molar-refractivity contribution is 5.82. The molecule has 0 atom stereocenters. The molecular formula is C14H16FN3O2. The summed E-state index contributed by atoms with van der Waals surface area (Å²) in [6, 6.07) is 7.37. The number of nitrogens with zero attached hydrogens (tertiary/aromatic N) is 2. The average molecular weight is 277 g/mol.